The summed E-state index contributed by atoms with van der Waals surface area (Å²) < 4.78 is 11.3. The number of carboxylic acid groups (broad SMARTS) is 1. The van der Waals surface area contributed by atoms with Crippen LogP contribution in [-0.2, 0) is 9.53 Å². The molecular weight excluding hydrogens is 346 g/mol. The molecule has 140 valence electrons. The quantitative estimate of drug-likeness (QED) is 0.879. The molecule has 0 bridgehead atoms. The molecule has 1 N–H and O–H groups in total. The fourth-order valence-electron chi connectivity index (χ4n) is 3.63. The van der Waals surface area contributed by atoms with Crippen LogP contribution in [0.4, 0.5) is 5.69 Å². The molecule has 1 fully saturated rings. The molecule has 2 aliphatic rings. The highest BCUT2D eigenvalue weighted by Crippen LogP contribution is 2.37. The van der Waals surface area contributed by atoms with E-state index in [-0.39, 0.29) is 18.6 Å². The van der Waals surface area contributed by atoms with Crippen molar-refractivity contribution in [3.8, 4) is 5.75 Å². The first-order valence-corrected chi connectivity index (χ1v) is 9.11. The number of rotatable bonds is 5. The monoisotopic (exact) mass is 367 g/mol. The predicted molar refractivity (Wildman–Crippen MR) is 99.4 cm³/mol. The summed E-state index contributed by atoms with van der Waals surface area (Å²) in [4.78, 5) is 26.0. The molecular formula is C21H21NO5. The Morgan fingerprint density at radius 3 is 2.63 bits per heavy atom. The zero-order valence-electron chi connectivity index (χ0n) is 14.8. The van der Waals surface area contributed by atoms with Crippen molar-refractivity contribution < 1.29 is 24.2 Å². The van der Waals surface area contributed by atoms with Crippen molar-refractivity contribution in [2.24, 2.45) is 0 Å². The van der Waals surface area contributed by atoms with Crippen LogP contribution in [0, 0.1) is 0 Å². The first-order valence-electron chi connectivity index (χ1n) is 9.11. The molecule has 0 saturated carbocycles. The highest BCUT2D eigenvalue weighted by molar-refractivity contribution is 6.08. The van der Waals surface area contributed by atoms with Crippen molar-refractivity contribution in [1.82, 2.24) is 0 Å². The van der Waals surface area contributed by atoms with Crippen LogP contribution >= 0.6 is 0 Å². The van der Waals surface area contributed by atoms with Crippen molar-refractivity contribution in [3.63, 3.8) is 0 Å². The van der Waals surface area contributed by atoms with Crippen LogP contribution in [0.5, 0.6) is 5.75 Å². The number of nitrogens with zero attached hydrogens (tertiary/aromatic N) is 1. The lowest BCUT2D eigenvalue weighted by Crippen LogP contribution is -2.31. The maximum Gasteiger partial charge on any atom is 0.312 e. The minimum Gasteiger partial charge on any atom is -0.491 e. The normalized spacial score (nSPS) is 21.1. The van der Waals surface area contributed by atoms with Crippen molar-refractivity contribution >= 4 is 17.6 Å². The lowest BCUT2D eigenvalue weighted by molar-refractivity contribution is -0.138. The molecule has 4 rings (SSSR count). The second kappa shape index (κ2) is 7.40. The van der Waals surface area contributed by atoms with Gasteiger partial charge in [-0.1, -0.05) is 18.2 Å². The number of hydrogen-bond donors (Lipinski definition) is 1. The molecule has 27 heavy (non-hydrogen) atoms. The summed E-state index contributed by atoms with van der Waals surface area (Å²) in [7, 11) is 0. The number of carboxylic acids is 1. The summed E-state index contributed by atoms with van der Waals surface area (Å²) in [6.07, 6.45) is 2.21. The fourth-order valence-corrected chi connectivity index (χ4v) is 3.63. The molecule has 2 aromatic carbocycles. The maximum absolute atomic E-state index is 12.9. The first-order chi connectivity index (χ1) is 13.1. The van der Waals surface area contributed by atoms with E-state index in [1.807, 2.05) is 6.07 Å². The topological polar surface area (TPSA) is 76.1 Å². The number of ether oxygens (including phenoxy) is 2. The number of carbonyl (C=O) groups is 2. The Balaban J connectivity index is 1.47. The van der Waals surface area contributed by atoms with Gasteiger partial charge in [-0.3, -0.25) is 9.59 Å². The Morgan fingerprint density at radius 1 is 1.15 bits per heavy atom. The molecule has 0 radical (unpaired) electrons. The van der Waals surface area contributed by atoms with Gasteiger partial charge in [0.15, 0.2) is 0 Å². The van der Waals surface area contributed by atoms with Crippen molar-refractivity contribution in [3.05, 3.63) is 59.7 Å². The van der Waals surface area contributed by atoms with Gasteiger partial charge in [0.25, 0.3) is 5.91 Å². The van der Waals surface area contributed by atoms with Gasteiger partial charge in [0.1, 0.15) is 18.3 Å². The third kappa shape index (κ3) is 3.53. The zero-order valence-corrected chi connectivity index (χ0v) is 14.8. The van der Waals surface area contributed by atoms with Crippen LogP contribution in [0.2, 0.25) is 0 Å². The van der Waals surface area contributed by atoms with Crippen LogP contribution in [0.15, 0.2) is 48.5 Å². The van der Waals surface area contributed by atoms with E-state index < -0.39 is 11.9 Å². The Morgan fingerprint density at radius 2 is 1.93 bits per heavy atom. The van der Waals surface area contributed by atoms with Gasteiger partial charge < -0.3 is 19.5 Å². The van der Waals surface area contributed by atoms with Gasteiger partial charge >= 0.3 is 5.97 Å². The second-order valence-electron chi connectivity index (χ2n) is 6.84. The Hall–Kier alpha value is -2.86. The predicted octanol–water partition coefficient (Wildman–Crippen LogP) is 3.07. The molecule has 0 aliphatic carbocycles. The number of anilines is 1. The van der Waals surface area contributed by atoms with Gasteiger partial charge in [-0.2, -0.15) is 0 Å². The third-order valence-corrected chi connectivity index (χ3v) is 5.07. The summed E-state index contributed by atoms with van der Waals surface area (Å²) in [5.41, 5.74) is 1.84. The number of amides is 1. The second-order valence-corrected chi connectivity index (χ2v) is 6.84. The number of aliphatic carboxylic acids is 1. The number of para-hydroxylation sites is 1. The van der Waals surface area contributed by atoms with E-state index in [0.29, 0.717) is 29.2 Å². The summed E-state index contributed by atoms with van der Waals surface area (Å²) in [6, 6.07) is 14.1. The molecule has 0 spiro atoms. The lowest BCUT2D eigenvalue weighted by Gasteiger charge is -2.18. The van der Waals surface area contributed by atoms with Crippen molar-refractivity contribution in [2.75, 3.05) is 24.7 Å². The molecule has 6 heteroatoms. The Bertz CT molecular complexity index is 842. The zero-order chi connectivity index (χ0) is 18.8. The number of benzene rings is 2. The lowest BCUT2D eigenvalue weighted by atomic mass is 10.0. The molecule has 1 amide bonds. The van der Waals surface area contributed by atoms with Crippen LogP contribution in [-0.4, -0.2) is 42.8 Å². The van der Waals surface area contributed by atoms with Gasteiger partial charge in [-0.05, 0) is 48.7 Å². The van der Waals surface area contributed by atoms with Gasteiger partial charge in [0, 0.05) is 24.4 Å². The van der Waals surface area contributed by atoms with E-state index in [4.69, 9.17) is 9.47 Å². The van der Waals surface area contributed by atoms with Crippen LogP contribution in [0.3, 0.4) is 0 Å². The molecule has 2 aliphatic heterocycles. The Labute approximate surface area is 157 Å². The van der Waals surface area contributed by atoms with E-state index in [1.54, 1.807) is 42.5 Å². The summed E-state index contributed by atoms with van der Waals surface area (Å²) in [5.74, 6) is -1.14. The molecule has 2 aromatic rings. The molecule has 6 nitrogen and oxygen atoms in total. The minimum absolute atomic E-state index is 0.139. The van der Waals surface area contributed by atoms with E-state index in [9.17, 15) is 14.7 Å². The minimum atomic E-state index is -0.921. The van der Waals surface area contributed by atoms with Crippen LogP contribution in [0.1, 0.15) is 34.7 Å². The number of fused-ring (bicyclic) bond motifs is 1. The van der Waals surface area contributed by atoms with Crippen LogP contribution < -0.4 is 9.64 Å². The molecule has 2 unspecified atom stereocenters. The molecule has 0 aromatic heterocycles. The summed E-state index contributed by atoms with van der Waals surface area (Å²) in [5, 5.41) is 9.45. The average Bonchev–Trinajstić information content (AvgIpc) is 3.34. The van der Waals surface area contributed by atoms with Crippen molar-refractivity contribution in [2.45, 2.75) is 24.9 Å². The van der Waals surface area contributed by atoms with Crippen LogP contribution in [0.25, 0.3) is 0 Å². The van der Waals surface area contributed by atoms with Gasteiger partial charge in [-0.25, -0.2) is 0 Å². The highest BCUT2D eigenvalue weighted by Gasteiger charge is 2.36. The number of carbonyl (C=O) groups excluding carboxylic acids is 1. The highest BCUT2D eigenvalue weighted by atomic mass is 16.5. The summed E-state index contributed by atoms with van der Waals surface area (Å²) in [6.45, 7) is 1.44. The van der Waals surface area contributed by atoms with Gasteiger partial charge in [0.2, 0.25) is 0 Å². The fraction of sp³-hybridized carbons (Fsp3) is 0.333. The third-order valence-electron chi connectivity index (χ3n) is 5.07. The largest absolute Gasteiger partial charge is 0.491 e. The number of hydrogen-bond acceptors (Lipinski definition) is 4. The smallest absolute Gasteiger partial charge is 0.312 e. The van der Waals surface area contributed by atoms with Gasteiger partial charge in [-0.15, -0.1) is 0 Å². The molecule has 1 saturated heterocycles. The summed E-state index contributed by atoms with van der Waals surface area (Å²) >= 11 is 0. The van der Waals surface area contributed by atoms with Gasteiger partial charge in [0.05, 0.1) is 6.10 Å². The van der Waals surface area contributed by atoms with E-state index in [0.717, 1.165) is 19.4 Å². The van der Waals surface area contributed by atoms with E-state index in [2.05, 4.69) is 0 Å². The standard InChI is InChI=1S/C21H21NO5/c23-20(22-12-18(21(24)25)17-5-1-2-6-19(17)22)14-7-9-15(10-8-14)27-13-16-4-3-11-26-16/h1-2,5-10,16,18H,3-4,11-13H2,(H,24,25). The molecule has 2 heterocycles. The average molecular weight is 367 g/mol. The first kappa shape index (κ1) is 17.5. The molecule has 2 atom stereocenters. The SMILES string of the molecule is O=C(O)C1CN(C(=O)c2ccc(OCC3CCCO3)cc2)c2ccccc21. The van der Waals surface area contributed by atoms with E-state index >= 15 is 0 Å². The Kier molecular flexibility index (Phi) is 4.81. The maximum atomic E-state index is 12.9. The van der Waals surface area contributed by atoms with E-state index in [1.165, 1.54) is 4.90 Å². The van der Waals surface area contributed by atoms with Crippen molar-refractivity contribution in [1.29, 1.82) is 0 Å².